The molecule has 4 aliphatic carbocycles. The molecule has 0 amide bonds. The molecule has 4 nitrogen and oxygen atoms in total. The van der Waals surface area contributed by atoms with Crippen LogP contribution in [0.5, 0.6) is 0 Å². The van der Waals surface area contributed by atoms with E-state index in [4.69, 9.17) is 9.47 Å². The Labute approximate surface area is 210 Å². The molecule has 0 saturated heterocycles. The summed E-state index contributed by atoms with van der Waals surface area (Å²) in [5, 5.41) is 0. The minimum atomic E-state index is -0.713. The third kappa shape index (κ3) is 4.09. The molecule has 1 aromatic carbocycles. The van der Waals surface area contributed by atoms with Crippen molar-refractivity contribution in [3.05, 3.63) is 35.9 Å². The smallest absolute Gasteiger partial charge is 0.304 e. The number of esters is 2. The van der Waals surface area contributed by atoms with Crippen molar-refractivity contribution in [1.29, 1.82) is 0 Å². The van der Waals surface area contributed by atoms with E-state index in [1.807, 2.05) is 30.3 Å². The number of fused-ring (bicyclic) bond motifs is 5. The van der Waals surface area contributed by atoms with E-state index in [1.165, 1.54) is 33.1 Å². The maximum atomic E-state index is 12.3. The van der Waals surface area contributed by atoms with Gasteiger partial charge in [0.15, 0.2) is 5.60 Å². The van der Waals surface area contributed by atoms with Gasteiger partial charge in [-0.05, 0) is 105 Å². The number of hydrogen-bond acceptors (Lipinski definition) is 4. The lowest BCUT2D eigenvalue weighted by molar-refractivity contribution is -0.178. The summed E-state index contributed by atoms with van der Waals surface area (Å²) in [6, 6.07) is 10.0. The van der Waals surface area contributed by atoms with Crippen LogP contribution in [0.1, 0.15) is 91.0 Å². The van der Waals surface area contributed by atoms with Crippen LogP contribution in [0.15, 0.2) is 30.3 Å². The highest BCUT2D eigenvalue weighted by atomic mass is 16.6. The van der Waals surface area contributed by atoms with E-state index in [0.717, 1.165) is 44.1 Å². The van der Waals surface area contributed by atoms with E-state index in [-0.39, 0.29) is 23.5 Å². The first kappa shape index (κ1) is 24.4. The van der Waals surface area contributed by atoms with Crippen LogP contribution >= 0.6 is 0 Å². The van der Waals surface area contributed by atoms with Gasteiger partial charge < -0.3 is 9.47 Å². The molecule has 5 rings (SSSR count). The maximum Gasteiger partial charge on any atom is 0.304 e. The Bertz CT molecular complexity index is 1040. The quantitative estimate of drug-likeness (QED) is 0.370. The van der Waals surface area contributed by atoms with Crippen LogP contribution in [0.3, 0.4) is 0 Å². The minimum Gasteiger partial charge on any atom is -0.463 e. The fourth-order valence-electron chi connectivity index (χ4n) is 8.90. The van der Waals surface area contributed by atoms with E-state index in [1.54, 1.807) is 0 Å². The highest BCUT2D eigenvalue weighted by Crippen LogP contribution is 2.69. The van der Waals surface area contributed by atoms with E-state index in [2.05, 4.69) is 25.7 Å². The molecule has 4 aliphatic rings. The Morgan fingerprint density at radius 3 is 2.34 bits per heavy atom. The SMILES string of the molecule is CC(=O)O[C@H]1CC[C@@]2(C)[C@@H](CC[C@H]3[C@H]2CC[C@@]2(C)[C@@H]3CC[C@]2(C#Cc2ccccc2)OC(C)=O)C1. The van der Waals surface area contributed by atoms with Crippen LogP contribution in [0, 0.1) is 46.3 Å². The molecule has 0 spiro atoms. The number of ether oxygens (including phenoxy) is 2. The fourth-order valence-corrected chi connectivity index (χ4v) is 8.90. The second kappa shape index (κ2) is 8.99. The van der Waals surface area contributed by atoms with Gasteiger partial charge in [0.05, 0.1) is 0 Å². The molecule has 4 fully saturated rings. The number of hydrogen-bond donors (Lipinski definition) is 0. The summed E-state index contributed by atoms with van der Waals surface area (Å²) in [7, 11) is 0. The Morgan fingerprint density at radius 2 is 1.63 bits per heavy atom. The maximum absolute atomic E-state index is 12.3. The van der Waals surface area contributed by atoms with E-state index < -0.39 is 5.60 Å². The standard InChI is InChI=1S/C31H40O4/c1-21(32)34-25-13-16-29(3)24(20-25)10-11-26-27(29)14-17-30(4)28(26)15-19-31(30,35-22(2)33)18-12-23-8-6-5-7-9-23/h5-9,24-28H,10-11,13-17,19-20H2,1-4H3/t24-,25-,26-,27+,28+,29-,30-,31-/m0/s1. The molecule has 4 heteroatoms. The van der Waals surface area contributed by atoms with Crippen molar-refractivity contribution < 1.29 is 19.1 Å². The van der Waals surface area contributed by atoms with Crippen molar-refractivity contribution in [2.45, 2.75) is 97.2 Å². The summed E-state index contributed by atoms with van der Waals surface area (Å²) < 4.78 is 11.8. The fraction of sp³-hybridized carbons (Fsp3) is 0.677. The predicted molar refractivity (Wildman–Crippen MR) is 135 cm³/mol. The van der Waals surface area contributed by atoms with Gasteiger partial charge in [-0.2, -0.15) is 0 Å². The van der Waals surface area contributed by atoms with Gasteiger partial charge in [0.2, 0.25) is 0 Å². The summed E-state index contributed by atoms with van der Waals surface area (Å²) in [5.74, 6) is 9.01. The highest BCUT2D eigenvalue weighted by molar-refractivity contribution is 5.67. The monoisotopic (exact) mass is 476 g/mol. The third-order valence-electron chi connectivity index (χ3n) is 10.6. The van der Waals surface area contributed by atoms with Gasteiger partial charge in [0, 0.05) is 24.8 Å². The zero-order valence-electron chi connectivity index (χ0n) is 21.8. The molecule has 0 bridgehead atoms. The second-order valence-corrected chi connectivity index (χ2v) is 12.2. The Hall–Kier alpha value is -2.28. The van der Waals surface area contributed by atoms with Crippen LogP contribution in [0.4, 0.5) is 0 Å². The van der Waals surface area contributed by atoms with Gasteiger partial charge in [0.1, 0.15) is 6.10 Å². The second-order valence-electron chi connectivity index (χ2n) is 12.2. The number of carbonyl (C=O) groups is 2. The molecular weight excluding hydrogens is 436 g/mol. The average Bonchev–Trinajstić information content (AvgIpc) is 3.10. The average molecular weight is 477 g/mol. The molecule has 188 valence electrons. The van der Waals surface area contributed by atoms with Gasteiger partial charge in [-0.15, -0.1) is 0 Å². The number of carbonyl (C=O) groups excluding carboxylic acids is 2. The first-order chi connectivity index (χ1) is 16.7. The van der Waals surface area contributed by atoms with Gasteiger partial charge >= 0.3 is 11.9 Å². The van der Waals surface area contributed by atoms with Crippen LogP contribution in [-0.2, 0) is 19.1 Å². The molecule has 0 N–H and O–H groups in total. The van der Waals surface area contributed by atoms with Gasteiger partial charge in [-0.25, -0.2) is 0 Å². The molecule has 0 aliphatic heterocycles. The molecule has 1 aromatic rings. The lowest BCUT2D eigenvalue weighted by Gasteiger charge is -2.61. The number of rotatable bonds is 2. The zero-order valence-corrected chi connectivity index (χ0v) is 21.8. The van der Waals surface area contributed by atoms with Gasteiger partial charge in [-0.3, -0.25) is 9.59 Å². The van der Waals surface area contributed by atoms with Crippen LogP contribution in [0.2, 0.25) is 0 Å². The topological polar surface area (TPSA) is 52.6 Å². The third-order valence-corrected chi connectivity index (χ3v) is 10.6. The van der Waals surface area contributed by atoms with E-state index >= 15 is 0 Å². The summed E-state index contributed by atoms with van der Waals surface area (Å²) in [4.78, 5) is 23.9. The van der Waals surface area contributed by atoms with E-state index in [0.29, 0.717) is 29.1 Å². The van der Waals surface area contributed by atoms with Gasteiger partial charge in [0.25, 0.3) is 0 Å². The Morgan fingerprint density at radius 1 is 0.886 bits per heavy atom. The number of benzene rings is 1. The van der Waals surface area contributed by atoms with E-state index in [9.17, 15) is 9.59 Å². The van der Waals surface area contributed by atoms with Crippen LogP contribution in [0.25, 0.3) is 0 Å². The lowest BCUT2D eigenvalue weighted by Crippen LogP contribution is -2.57. The lowest BCUT2D eigenvalue weighted by atomic mass is 9.44. The molecule has 35 heavy (non-hydrogen) atoms. The summed E-state index contributed by atoms with van der Waals surface area (Å²) >= 11 is 0. The molecule has 0 aromatic heterocycles. The molecule has 0 heterocycles. The zero-order chi connectivity index (χ0) is 24.8. The molecule has 4 saturated carbocycles. The molecule has 0 unspecified atom stereocenters. The van der Waals surface area contributed by atoms with Crippen molar-refractivity contribution in [2.24, 2.45) is 34.5 Å². The van der Waals surface area contributed by atoms with Crippen molar-refractivity contribution in [3.8, 4) is 11.8 Å². The Balaban J connectivity index is 1.42. The first-order valence-electron chi connectivity index (χ1n) is 13.6. The predicted octanol–water partition coefficient (Wildman–Crippen LogP) is 6.31. The molecule has 0 radical (unpaired) electrons. The highest BCUT2D eigenvalue weighted by Gasteiger charge is 2.66. The summed E-state index contributed by atoms with van der Waals surface area (Å²) in [5.41, 5.74) is 0.440. The van der Waals surface area contributed by atoms with Crippen molar-refractivity contribution in [3.63, 3.8) is 0 Å². The van der Waals surface area contributed by atoms with Crippen LogP contribution in [-0.4, -0.2) is 23.6 Å². The van der Waals surface area contributed by atoms with Crippen molar-refractivity contribution in [1.82, 2.24) is 0 Å². The molecular formula is C31H40O4. The van der Waals surface area contributed by atoms with Crippen molar-refractivity contribution in [2.75, 3.05) is 0 Å². The molecule has 8 atom stereocenters. The Kier molecular flexibility index (Phi) is 6.27. The first-order valence-corrected chi connectivity index (χ1v) is 13.6. The largest absolute Gasteiger partial charge is 0.463 e. The minimum absolute atomic E-state index is 0.0901. The summed E-state index contributed by atoms with van der Waals surface area (Å²) in [6.45, 7) is 7.94. The van der Waals surface area contributed by atoms with Crippen LogP contribution < -0.4 is 0 Å². The summed E-state index contributed by atoms with van der Waals surface area (Å²) in [6.07, 6.45) is 9.77. The normalized spacial score (nSPS) is 41.9. The van der Waals surface area contributed by atoms with Crippen molar-refractivity contribution >= 4 is 11.9 Å². The van der Waals surface area contributed by atoms with Gasteiger partial charge in [-0.1, -0.05) is 38.0 Å².